The molecule has 3 nitrogen and oxygen atoms in total. The minimum Gasteiger partial charge on any atom is -0.299 e. The molecule has 0 fully saturated rings. The maximum Gasteiger partial charge on any atom is 0.143 e. The van der Waals surface area contributed by atoms with Crippen molar-refractivity contribution in [3.8, 4) is 0 Å². The molecule has 1 aromatic carbocycles. The second-order valence-corrected chi connectivity index (χ2v) is 6.60. The third-order valence-corrected chi connectivity index (χ3v) is 4.82. The summed E-state index contributed by atoms with van der Waals surface area (Å²) in [4.78, 5) is 12.3. The molecule has 0 aliphatic heterocycles. The van der Waals surface area contributed by atoms with Crippen LogP contribution in [0, 0.1) is 0 Å². The van der Waals surface area contributed by atoms with E-state index in [1.54, 1.807) is 0 Å². The van der Waals surface area contributed by atoms with Gasteiger partial charge in [-0.2, -0.15) is 5.10 Å². The zero-order valence-electron chi connectivity index (χ0n) is 12.2. The molecular weight excluding hydrogens is 396 g/mol. The fraction of sp³-hybridized carbons (Fsp3) is 0.375. The third kappa shape index (κ3) is 4.04. The Morgan fingerprint density at radius 3 is 2.38 bits per heavy atom. The lowest BCUT2D eigenvalue weighted by Gasteiger charge is -2.05. The Morgan fingerprint density at radius 1 is 1.14 bits per heavy atom. The molecule has 112 valence electrons. The summed E-state index contributed by atoms with van der Waals surface area (Å²) in [5, 5.41) is 4.53. The van der Waals surface area contributed by atoms with Gasteiger partial charge in [0.25, 0.3) is 0 Å². The van der Waals surface area contributed by atoms with Crippen LogP contribution in [0.2, 0.25) is 0 Å². The fourth-order valence-corrected chi connectivity index (χ4v) is 3.23. The summed E-state index contributed by atoms with van der Waals surface area (Å²) < 4.78 is 3.93. The van der Waals surface area contributed by atoms with Crippen LogP contribution in [0.4, 0.5) is 0 Å². The molecule has 0 aliphatic carbocycles. The summed E-state index contributed by atoms with van der Waals surface area (Å²) >= 11 is 6.99. The molecule has 5 heteroatoms. The van der Waals surface area contributed by atoms with Gasteiger partial charge in [0.15, 0.2) is 0 Å². The van der Waals surface area contributed by atoms with Crippen LogP contribution < -0.4 is 0 Å². The summed E-state index contributed by atoms with van der Waals surface area (Å²) in [6.45, 7) is 4.89. The number of carbonyl (C=O) groups excluding carboxylic acids is 1. The Balaban J connectivity index is 2.12. The largest absolute Gasteiger partial charge is 0.299 e. The molecule has 0 aliphatic rings. The molecule has 0 bridgehead atoms. The van der Waals surface area contributed by atoms with Crippen LogP contribution in [0.25, 0.3) is 0 Å². The summed E-state index contributed by atoms with van der Waals surface area (Å²) in [5.74, 6) is 0.204. The average molecular weight is 414 g/mol. The topological polar surface area (TPSA) is 34.9 Å². The van der Waals surface area contributed by atoms with Gasteiger partial charge in [-0.1, -0.05) is 35.0 Å². The second-order valence-electron chi connectivity index (χ2n) is 4.90. The van der Waals surface area contributed by atoms with Crippen molar-refractivity contribution in [1.29, 1.82) is 0 Å². The predicted molar refractivity (Wildman–Crippen MR) is 91.5 cm³/mol. The van der Waals surface area contributed by atoms with Crippen molar-refractivity contribution >= 4 is 37.6 Å². The first-order valence-electron chi connectivity index (χ1n) is 7.05. The van der Waals surface area contributed by atoms with Gasteiger partial charge >= 0.3 is 0 Å². The van der Waals surface area contributed by atoms with Gasteiger partial charge in [0.2, 0.25) is 0 Å². The number of rotatable bonds is 6. The van der Waals surface area contributed by atoms with E-state index in [1.807, 2.05) is 35.9 Å². The Labute approximate surface area is 142 Å². The van der Waals surface area contributed by atoms with E-state index in [-0.39, 0.29) is 5.78 Å². The number of aryl methyl sites for hydroxylation is 2. The second kappa shape index (κ2) is 7.36. The number of nitrogens with zero attached hydrogens (tertiary/aromatic N) is 2. The SMILES string of the molecule is CCc1nn(CC)c(CC(=O)Cc2ccc(Br)cc2)c1Br. The van der Waals surface area contributed by atoms with E-state index in [4.69, 9.17) is 0 Å². The average Bonchev–Trinajstić information content (AvgIpc) is 2.77. The number of aromatic nitrogens is 2. The highest BCUT2D eigenvalue weighted by Gasteiger charge is 2.17. The van der Waals surface area contributed by atoms with E-state index in [0.717, 1.165) is 38.9 Å². The summed E-state index contributed by atoms with van der Waals surface area (Å²) in [7, 11) is 0. The maximum atomic E-state index is 12.3. The zero-order valence-corrected chi connectivity index (χ0v) is 15.4. The van der Waals surface area contributed by atoms with E-state index in [0.29, 0.717) is 12.8 Å². The highest BCUT2D eigenvalue weighted by Crippen LogP contribution is 2.23. The molecule has 21 heavy (non-hydrogen) atoms. The molecule has 0 saturated carbocycles. The smallest absolute Gasteiger partial charge is 0.143 e. The quantitative estimate of drug-likeness (QED) is 0.705. The Hall–Kier alpha value is -0.940. The normalized spacial score (nSPS) is 10.9. The number of ketones is 1. The third-order valence-electron chi connectivity index (χ3n) is 3.37. The molecule has 0 N–H and O–H groups in total. The number of carbonyl (C=O) groups is 1. The minimum atomic E-state index is 0.204. The standard InChI is InChI=1S/C16H18Br2N2O/c1-3-14-16(18)15(20(4-2)19-14)10-13(21)9-11-5-7-12(17)8-6-11/h5-8H,3-4,9-10H2,1-2H3. The van der Waals surface area contributed by atoms with E-state index < -0.39 is 0 Å². The first-order valence-corrected chi connectivity index (χ1v) is 8.63. The van der Waals surface area contributed by atoms with E-state index >= 15 is 0 Å². The van der Waals surface area contributed by atoms with Gasteiger partial charge in [-0.25, -0.2) is 0 Å². The van der Waals surface area contributed by atoms with Crippen molar-refractivity contribution in [3.05, 3.63) is 50.2 Å². The van der Waals surface area contributed by atoms with Crippen LogP contribution in [-0.2, 0) is 30.6 Å². The van der Waals surface area contributed by atoms with Crippen LogP contribution in [0.15, 0.2) is 33.2 Å². The van der Waals surface area contributed by atoms with Crippen molar-refractivity contribution < 1.29 is 4.79 Å². The lowest BCUT2D eigenvalue weighted by Crippen LogP contribution is -2.12. The van der Waals surface area contributed by atoms with Crippen molar-refractivity contribution in [2.24, 2.45) is 0 Å². The molecule has 0 atom stereocenters. The maximum absolute atomic E-state index is 12.3. The first kappa shape index (κ1) is 16.4. The van der Waals surface area contributed by atoms with Gasteiger partial charge in [0.05, 0.1) is 15.9 Å². The van der Waals surface area contributed by atoms with Crippen LogP contribution in [0.1, 0.15) is 30.8 Å². The molecule has 2 aromatic rings. The van der Waals surface area contributed by atoms with E-state index in [1.165, 1.54) is 0 Å². The van der Waals surface area contributed by atoms with Gasteiger partial charge in [0, 0.05) is 23.9 Å². The molecule has 0 saturated heterocycles. The van der Waals surface area contributed by atoms with Gasteiger partial charge in [-0.05, 0) is 47.0 Å². The molecular formula is C16H18Br2N2O. The van der Waals surface area contributed by atoms with Crippen molar-refractivity contribution in [3.63, 3.8) is 0 Å². The molecule has 0 radical (unpaired) electrons. The van der Waals surface area contributed by atoms with Gasteiger partial charge < -0.3 is 0 Å². The van der Waals surface area contributed by atoms with Gasteiger partial charge in [-0.3, -0.25) is 9.48 Å². The Bertz CT molecular complexity index is 632. The number of halogens is 2. The fourth-order valence-electron chi connectivity index (χ4n) is 2.27. The number of benzene rings is 1. The highest BCUT2D eigenvalue weighted by atomic mass is 79.9. The zero-order chi connectivity index (χ0) is 15.4. The van der Waals surface area contributed by atoms with Gasteiger partial charge in [-0.15, -0.1) is 0 Å². The van der Waals surface area contributed by atoms with Crippen LogP contribution in [0.3, 0.4) is 0 Å². The Kier molecular flexibility index (Phi) is 5.76. The lowest BCUT2D eigenvalue weighted by molar-refractivity contribution is -0.117. The number of hydrogen-bond donors (Lipinski definition) is 0. The molecule has 1 heterocycles. The van der Waals surface area contributed by atoms with Crippen LogP contribution in [0.5, 0.6) is 0 Å². The van der Waals surface area contributed by atoms with Gasteiger partial charge in [0.1, 0.15) is 5.78 Å². The molecule has 2 rings (SSSR count). The van der Waals surface area contributed by atoms with Crippen LogP contribution >= 0.6 is 31.9 Å². The van der Waals surface area contributed by atoms with Crippen LogP contribution in [-0.4, -0.2) is 15.6 Å². The monoisotopic (exact) mass is 412 g/mol. The van der Waals surface area contributed by atoms with E-state index in [9.17, 15) is 4.79 Å². The summed E-state index contributed by atoms with van der Waals surface area (Å²) in [6, 6.07) is 7.88. The Morgan fingerprint density at radius 2 is 1.81 bits per heavy atom. The van der Waals surface area contributed by atoms with Crippen molar-refractivity contribution in [2.45, 2.75) is 39.7 Å². The lowest BCUT2D eigenvalue weighted by atomic mass is 10.1. The molecule has 0 spiro atoms. The minimum absolute atomic E-state index is 0.204. The number of Topliss-reactive ketones (excluding diaryl/α,β-unsaturated/α-hetero) is 1. The molecule has 0 unspecified atom stereocenters. The van der Waals surface area contributed by atoms with Crippen molar-refractivity contribution in [2.75, 3.05) is 0 Å². The first-order chi connectivity index (χ1) is 10.0. The highest BCUT2D eigenvalue weighted by molar-refractivity contribution is 9.10. The number of hydrogen-bond acceptors (Lipinski definition) is 2. The molecule has 0 amide bonds. The summed E-state index contributed by atoms with van der Waals surface area (Å²) in [6.07, 6.45) is 1.73. The van der Waals surface area contributed by atoms with Crippen molar-refractivity contribution in [1.82, 2.24) is 9.78 Å². The predicted octanol–water partition coefficient (Wildman–Crippen LogP) is 4.34. The van der Waals surface area contributed by atoms with E-state index in [2.05, 4.69) is 43.9 Å². The summed E-state index contributed by atoms with van der Waals surface area (Å²) in [5.41, 5.74) is 3.04. The molecule has 1 aromatic heterocycles.